The van der Waals surface area contributed by atoms with Gasteiger partial charge in [0.15, 0.2) is 0 Å². The van der Waals surface area contributed by atoms with E-state index in [0.29, 0.717) is 0 Å². The minimum Gasteiger partial charge on any atom is -1.00 e. The van der Waals surface area contributed by atoms with E-state index in [1.807, 2.05) is 4.90 Å². The van der Waals surface area contributed by atoms with Crippen molar-refractivity contribution in [3.63, 3.8) is 0 Å². The van der Waals surface area contributed by atoms with Crippen LogP contribution in [0.4, 0.5) is 0 Å². The van der Waals surface area contributed by atoms with Crippen LogP contribution in [0.1, 0.15) is 12.8 Å². The topological polar surface area (TPSA) is 20.9 Å². The van der Waals surface area contributed by atoms with Gasteiger partial charge in [0.25, 0.3) is 0 Å². The summed E-state index contributed by atoms with van der Waals surface area (Å²) in [5.41, 5.74) is 0. The van der Waals surface area contributed by atoms with Crippen LogP contribution in [0.2, 0.25) is 0 Å². The van der Waals surface area contributed by atoms with E-state index in [4.69, 9.17) is 0 Å². The zero-order valence-electron chi connectivity index (χ0n) is 9.87. The lowest BCUT2D eigenvalue weighted by molar-refractivity contribution is -0.953. The second-order valence-electron chi connectivity index (χ2n) is 4.64. The first-order chi connectivity index (χ1) is 6.36. The molecule has 0 amide bonds. The average molecular weight is 292 g/mol. The third-order valence-corrected chi connectivity index (χ3v) is 3.66. The third kappa shape index (κ3) is 5.39. The molecule has 2 heterocycles. The molecule has 0 atom stereocenters. The van der Waals surface area contributed by atoms with E-state index >= 15 is 0 Å². The predicted molar refractivity (Wildman–Crippen MR) is 53.2 cm³/mol. The summed E-state index contributed by atoms with van der Waals surface area (Å²) in [6.07, 6.45) is 2.89. The van der Waals surface area contributed by atoms with E-state index in [9.17, 15) is 0 Å². The highest BCUT2D eigenvalue weighted by Crippen LogP contribution is 1.94. The second-order valence-corrected chi connectivity index (χ2v) is 4.64. The molecule has 2 aliphatic heterocycles. The zero-order valence-corrected chi connectivity index (χ0v) is 12.1. The molecule has 2 rings (SSSR count). The van der Waals surface area contributed by atoms with Crippen molar-refractivity contribution < 1.29 is 47.0 Å². The van der Waals surface area contributed by atoms with Gasteiger partial charge >= 0.3 is 0 Å². The Labute approximate surface area is 118 Å². The number of halogens is 3. The molecule has 0 aliphatic carbocycles. The molecule has 0 aromatic heterocycles. The molecule has 0 aromatic rings. The van der Waals surface area contributed by atoms with Crippen molar-refractivity contribution in [2.75, 3.05) is 46.3 Å². The van der Waals surface area contributed by atoms with Gasteiger partial charge in [-0.05, 0) is 0 Å². The lowest BCUT2D eigenvalue weighted by Crippen LogP contribution is -3.21. The summed E-state index contributed by atoms with van der Waals surface area (Å²) in [6.45, 7) is 7.94. The molecule has 0 radical (unpaired) electrons. The minimum absolute atomic E-state index is 0. The van der Waals surface area contributed by atoms with Crippen LogP contribution in [0.25, 0.3) is 0 Å². The molecular weight excluding hydrogens is 268 g/mol. The lowest BCUT2D eigenvalue weighted by atomic mass is 10.0. The maximum absolute atomic E-state index is 3.44. The van der Waals surface area contributed by atoms with Crippen molar-refractivity contribution in [3.8, 4) is 0 Å². The Morgan fingerprint density at radius 1 is 0.875 bits per heavy atom. The first-order valence-electron chi connectivity index (χ1n) is 5.73. The Balaban J connectivity index is 0. The monoisotopic (exact) mass is 290 g/mol. The number of hydrogen-bond donors (Lipinski definition) is 3. The van der Waals surface area contributed by atoms with E-state index in [0.717, 1.165) is 6.04 Å². The highest BCUT2D eigenvalue weighted by molar-refractivity contribution is 4.62. The van der Waals surface area contributed by atoms with Gasteiger partial charge in [0, 0.05) is 25.9 Å². The van der Waals surface area contributed by atoms with Crippen molar-refractivity contribution in [2.45, 2.75) is 18.9 Å². The van der Waals surface area contributed by atoms with Gasteiger partial charge in [0.05, 0.1) is 39.3 Å². The molecule has 6 heteroatoms. The molecule has 0 saturated carbocycles. The van der Waals surface area contributed by atoms with Gasteiger partial charge in [-0.15, -0.1) is 0 Å². The molecule has 2 fully saturated rings. The fourth-order valence-electron chi connectivity index (χ4n) is 2.67. The Hall–Kier alpha value is 0.750. The molecule has 16 heavy (non-hydrogen) atoms. The number of nitrogens with one attached hydrogen (secondary N) is 3. The average Bonchev–Trinajstić information content (AvgIpc) is 2.20. The molecule has 0 unspecified atom stereocenters. The van der Waals surface area contributed by atoms with Crippen molar-refractivity contribution in [3.05, 3.63) is 0 Å². The van der Waals surface area contributed by atoms with Gasteiger partial charge in [-0.2, -0.15) is 0 Å². The number of quaternary nitrogens is 2. The molecule has 2 saturated heterocycles. The number of rotatable bonds is 1. The van der Waals surface area contributed by atoms with Gasteiger partial charge in [0.1, 0.15) is 0 Å². The van der Waals surface area contributed by atoms with E-state index < -0.39 is 0 Å². The third-order valence-electron chi connectivity index (χ3n) is 3.66. The summed E-state index contributed by atoms with van der Waals surface area (Å²) < 4.78 is 0. The molecule has 0 spiro atoms. The predicted octanol–water partition coefficient (Wildman–Crippen LogP) is -11.8. The van der Waals surface area contributed by atoms with Crippen LogP contribution in [-0.4, -0.2) is 52.4 Å². The SMILES string of the molecule is C[NH+]1CCC([NH+]2CCNCC2)CC1.[Cl-].[Cl-].[Cl-]. The van der Waals surface area contributed by atoms with E-state index in [-0.39, 0.29) is 37.2 Å². The maximum Gasteiger partial charge on any atom is 0.0984 e. The van der Waals surface area contributed by atoms with Gasteiger partial charge in [-0.1, -0.05) is 0 Å². The number of hydrogen-bond acceptors (Lipinski definition) is 1. The van der Waals surface area contributed by atoms with Crippen LogP contribution in [-0.2, 0) is 0 Å². The maximum atomic E-state index is 3.44. The largest absolute Gasteiger partial charge is 1.00 e. The Kier molecular flexibility index (Phi) is 11.6. The van der Waals surface area contributed by atoms with E-state index in [1.54, 1.807) is 4.90 Å². The first kappa shape index (κ1) is 19.1. The number of piperazine rings is 1. The van der Waals surface area contributed by atoms with Gasteiger partial charge in [-0.25, -0.2) is 0 Å². The fraction of sp³-hybridized carbons (Fsp3) is 1.00. The zero-order chi connectivity index (χ0) is 9.10. The van der Waals surface area contributed by atoms with Crippen LogP contribution in [0.15, 0.2) is 0 Å². The summed E-state index contributed by atoms with van der Waals surface area (Å²) in [7, 11) is 2.32. The van der Waals surface area contributed by atoms with Gasteiger partial charge < -0.3 is 52.3 Å². The number of piperidine rings is 1. The summed E-state index contributed by atoms with van der Waals surface area (Å²) in [5, 5.41) is 3.44. The molecule has 3 N–H and O–H groups in total. The Morgan fingerprint density at radius 2 is 1.38 bits per heavy atom. The van der Waals surface area contributed by atoms with Crippen LogP contribution >= 0.6 is 0 Å². The highest BCUT2D eigenvalue weighted by Gasteiger charge is 2.28. The van der Waals surface area contributed by atoms with Gasteiger partial charge in [0.2, 0.25) is 0 Å². The minimum atomic E-state index is 0. The van der Waals surface area contributed by atoms with Gasteiger partial charge in [-0.3, -0.25) is 0 Å². The fourth-order valence-corrected chi connectivity index (χ4v) is 2.67. The molecular formula is C10H23Cl3N3-. The summed E-state index contributed by atoms with van der Waals surface area (Å²) in [4.78, 5) is 3.59. The first-order valence-corrected chi connectivity index (χ1v) is 5.73. The number of likely N-dealkylation sites (tertiary alicyclic amines) is 1. The molecule has 0 aromatic carbocycles. The van der Waals surface area contributed by atoms with Crippen molar-refractivity contribution in [2.24, 2.45) is 0 Å². The normalized spacial score (nSPS) is 30.6. The summed E-state index contributed by atoms with van der Waals surface area (Å²) in [5.74, 6) is 0. The van der Waals surface area contributed by atoms with Crippen LogP contribution in [0.5, 0.6) is 0 Å². The summed E-state index contributed by atoms with van der Waals surface area (Å²) in [6, 6.07) is 0.978. The Morgan fingerprint density at radius 3 is 1.88 bits per heavy atom. The molecule has 100 valence electrons. The van der Waals surface area contributed by atoms with Crippen molar-refractivity contribution >= 4 is 0 Å². The molecule has 0 bridgehead atoms. The van der Waals surface area contributed by atoms with Crippen LogP contribution in [0, 0.1) is 0 Å². The van der Waals surface area contributed by atoms with Crippen molar-refractivity contribution in [1.82, 2.24) is 5.32 Å². The smallest absolute Gasteiger partial charge is 0.0984 e. The second kappa shape index (κ2) is 9.75. The lowest BCUT2D eigenvalue weighted by Gasteiger charge is -2.35. The van der Waals surface area contributed by atoms with E-state index in [1.165, 1.54) is 52.1 Å². The summed E-state index contributed by atoms with van der Waals surface area (Å²) >= 11 is 0. The molecule has 2 aliphatic rings. The molecule has 3 nitrogen and oxygen atoms in total. The Bertz CT molecular complexity index is 157. The van der Waals surface area contributed by atoms with Crippen molar-refractivity contribution in [1.29, 1.82) is 0 Å². The standard InChI is InChI=1S/C10H21N3.3ClH/c1-12-6-2-10(3-7-12)13-8-4-11-5-9-13;;;/h10-11H,2-9H2,1H3;3*1H/p-1. The highest BCUT2D eigenvalue weighted by atomic mass is 35.5. The van der Waals surface area contributed by atoms with Crippen LogP contribution < -0.4 is 52.3 Å². The quantitative estimate of drug-likeness (QED) is 0.439. The van der Waals surface area contributed by atoms with Crippen LogP contribution in [0.3, 0.4) is 0 Å². The van der Waals surface area contributed by atoms with E-state index in [2.05, 4.69) is 12.4 Å².